The summed E-state index contributed by atoms with van der Waals surface area (Å²) >= 11 is 0. The van der Waals surface area contributed by atoms with Gasteiger partial charge in [-0.15, -0.1) is 0 Å². The SMILES string of the molecule is Cc1ccc(F)c(OCc2cc(C(=O)NN)ccc2F)c1. The molecule has 0 fully saturated rings. The number of rotatable bonds is 4. The highest BCUT2D eigenvalue weighted by atomic mass is 19.1. The number of benzene rings is 2. The van der Waals surface area contributed by atoms with Gasteiger partial charge in [0.15, 0.2) is 11.6 Å². The van der Waals surface area contributed by atoms with Crippen molar-refractivity contribution in [1.29, 1.82) is 0 Å². The van der Waals surface area contributed by atoms with Gasteiger partial charge in [-0.2, -0.15) is 0 Å². The predicted molar refractivity (Wildman–Crippen MR) is 73.5 cm³/mol. The van der Waals surface area contributed by atoms with Crippen molar-refractivity contribution in [3.05, 3.63) is 64.7 Å². The summed E-state index contributed by atoms with van der Waals surface area (Å²) < 4.78 is 32.5. The Kier molecular flexibility index (Phi) is 4.49. The largest absolute Gasteiger partial charge is 0.486 e. The fourth-order valence-corrected chi connectivity index (χ4v) is 1.79. The minimum atomic E-state index is -0.545. The first-order valence-electron chi connectivity index (χ1n) is 6.19. The smallest absolute Gasteiger partial charge is 0.265 e. The third-order valence-corrected chi connectivity index (χ3v) is 2.91. The Bertz CT molecular complexity index is 675. The van der Waals surface area contributed by atoms with E-state index >= 15 is 0 Å². The lowest BCUT2D eigenvalue weighted by Gasteiger charge is -2.10. The lowest BCUT2D eigenvalue weighted by atomic mass is 10.1. The molecule has 1 amide bonds. The van der Waals surface area contributed by atoms with Gasteiger partial charge in [-0.1, -0.05) is 6.07 Å². The second kappa shape index (κ2) is 6.32. The summed E-state index contributed by atoms with van der Waals surface area (Å²) in [4.78, 5) is 11.4. The fraction of sp³-hybridized carbons (Fsp3) is 0.133. The number of hydrogen-bond donors (Lipinski definition) is 2. The van der Waals surface area contributed by atoms with E-state index in [0.717, 1.165) is 11.6 Å². The topological polar surface area (TPSA) is 64.3 Å². The van der Waals surface area contributed by atoms with E-state index in [1.54, 1.807) is 13.0 Å². The van der Waals surface area contributed by atoms with Gasteiger partial charge in [0.1, 0.15) is 12.4 Å². The standard InChI is InChI=1S/C15H14F2N2O2/c1-9-2-4-13(17)14(6-9)21-8-11-7-10(15(20)19-18)3-5-12(11)16/h2-7H,8,18H2,1H3,(H,19,20). The molecule has 0 heterocycles. The van der Waals surface area contributed by atoms with E-state index in [9.17, 15) is 13.6 Å². The van der Waals surface area contributed by atoms with Crippen LogP contribution in [0.3, 0.4) is 0 Å². The van der Waals surface area contributed by atoms with Crippen LogP contribution in [-0.4, -0.2) is 5.91 Å². The molecule has 21 heavy (non-hydrogen) atoms. The summed E-state index contributed by atoms with van der Waals surface area (Å²) in [7, 11) is 0. The Morgan fingerprint density at radius 3 is 2.62 bits per heavy atom. The normalized spacial score (nSPS) is 10.3. The Morgan fingerprint density at radius 1 is 1.19 bits per heavy atom. The van der Waals surface area contributed by atoms with Gasteiger partial charge in [-0.25, -0.2) is 14.6 Å². The van der Waals surface area contributed by atoms with Gasteiger partial charge in [0, 0.05) is 11.1 Å². The van der Waals surface area contributed by atoms with Crippen molar-refractivity contribution in [2.75, 3.05) is 0 Å². The number of hydrazine groups is 1. The first-order valence-corrected chi connectivity index (χ1v) is 6.19. The lowest BCUT2D eigenvalue weighted by Crippen LogP contribution is -2.30. The third-order valence-electron chi connectivity index (χ3n) is 2.91. The fourth-order valence-electron chi connectivity index (χ4n) is 1.79. The maximum atomic E-state index is 13.7. The highest BCUT2D eigenvalue weighted by molar-refractivity contribution is 5.93. The Balaban J connectivity index is 2.19. The zero-order valence-electron chi connectivity index (χ0n) is 11.3. The minimum absolute atomic E-state index is 0.0306. The molecule has 0 atom stereocenters. The second-order valence-corrected chi connectivity index (χ2v) is 4.50. The summed E-state index contributed by atoms with van der Waals surface area (Å²) in [5.74, 6) is 3.43. The van der Waals surface area contributed by atoms with Gasteiger partial charge in [-0.05, 0) is 42.8 Å². The van der Waals surface area contributed by atoms with Crippen molar-refractivity contribution in [3.63, 3.8) is 0 Å². The molecule has 0 aliphatic rings. The zero-order chi connectivity index (χ0) is 15.4. The van der Waals surface area contributed by atoms with Crippen LogP contribution in [0.2, 0.25) is 0 Å². The number of hydrogen-bond acceptors (Lipinski definition) is 3. The van der Waals surface area contributed by atoms with Gasteiger partial charge in [0.2, 0.25) is 0 Å². The van der Waals surface area contributed by atoms with E-state index in [-0.39, 0.29) is 23.5 Å². The summed E-state index contributed by atoms with van der Waals surface area (Å²) in [5, 5.41) is 0. The molecule has 2 aromatic rings. The first-order chi connectivity index (χ1) is 10.0. The summed E-state index contributed by atoms with van der Waals surface area (Å²) in [6.45, 7) is 1.59. The molecule has 0 aliphatic carbocycles. The van der Waals surface area contributed by atoms with E-state index < -0.39 is 17.5 Å². The van der Waals surface area contributed by atoms with Crippen LogP contribution in [0.4, 0.5) is 8.78 Å². The molecule has 0 spiro atoms. The highest BCUT2D eigenvalue weighted by Gasteiger charge is 2.10. The maximum absolute atomic E-state index is 13.7. The van der Waals surface area contributed by atoms with Crippen molar-refractivity contribution in [3.8, 4) is 5.75 Å². The molecule has 0 saturated heterocycles. The number of nitrogens with one attached hydrogen (secondary N) is 1. The van der Waals surface area contributed by atoms with E-state index in [0.29, 0.717) is 0 Å². The van der Waals surface area contributed by atoms with Crippen molar-refractivity contribution in [1.82, 2.24) is 5.43 Å². The van der Waals surface area contributed by atoms with Crippen LogP contribution >= 0.6 is 0 Å². The molecule has 0 aliphatic heterocycles. The van der Waals surface area contributed by atoms with Crippen molar-refractivity contribution >= 4 is 5.91 Å². The number of amides is 1. The summed E-state index contributed by atoms with van der Waals surface area (Å²) in [6.07, 6.45) is 0. The van der Waals surface area contributed by atoms with Crippen LogP contribution in [-0.2, 0) is 6.61 Å². The predicted octanol–water partition coefficient (Wildman–Crippen LogP) is 2.46. The molecular formula is C15H14F2N2O2. The molecular weight excluding hydrogens is 278 g/mol. The molecule has 0 saturated carbocycles. The molecule has 0 radical (unpaired) electrons. The molecule has 0 unspecified atom stereocenters. The van der Waals surface area contributed by atoms with E-state index in [2.05, 4.69) is 0 Å². The summed E-state index contributed by atoms with van der Waals surface area (Å²) in [6, 6.07) is 8.15. The van der Waals surface area contributed by atoms with Crippen LogP contribution in [0.5, 0.6) is 5.75 Å². The van der Waals surface area contributed by atoms with Crippen LogP contribution < -0.4 is 16.0 Å². The van der Waals surface area contributed by atoms with Gasteiger partial charge in [-0.3, -0.25) is 10.2 Å². The van der Waals surface area contributed by atoms with E-state index in [1.807, 2.05) is 5.43 Å². The first kappa shape index (κ1) is 14.9. The molecule has 2 aromatic carbocycles. The van der Waals surface area contributed by atoms with Crippen molar-refractivity contribution < 1.29 is 18.3 Å². The number of carbonyl (C=O) groups excluding carboxylic acids is 1. The van der Waals surface area contributed by atoms with Gasteiger partial charge < -0.3 is 4.74 Å². The molecule has 0 bridgehead atoms. The Morgan fingerprint density at radius 2 is 1.90 bits per heavy atom. The highest BCUT2D eigenvalue weighted by Crippen LogP contribution is 2.20. The Labute approximate surface area is 120 Å². The molecule has 3 N–H and O–H groups in total. The van der Waals surface area contributed by atoms with Gasteiger partial charge in [0.25, 0.3) is 5.91 Å². The minimum Gasteiger partial charge on any atom is -0.486 e. The number of carbonyl (C=O) groups is 1. The average molecular weight is 292 g/mol. The molecule has 2 rings (SSSR count). The summed E-state index contributed by atoms with van der Waals surface area (Å²) in [5.41, 5.74) is 3.11. The number of halogens is 2. The van der Waals surface area contributed by atoms with Crippen molar-refractivity contribution in [2.24, 2.45) is 5.84 Å². The van der Waals surface area contributed by atoms with Gasteiger partial charge >= 0.3 is 0 Å². The number of aryl methyl sites for hydroxylation is 1. The number of nitrogens with two attached hydrogens (primary N) is 1. The Hall–Kier alpha value is -2.47. The maximum Gasteiger partial charge on any atom is 0.265 e. The molecule has 6 heteroatoms. The molecule has 0 aromatic heterocycles. The molecule has 4 nitrogen and oxygen atoms in total. The number of ether oxygens (including phenoxy) is 1. The molecule has 110 valence electrons. The van der Waals surface area contributed by atoms with Crippen LogP contribution in [0.25, 0.3) is 0 Å². The van der Waals surface area contributed by atoms with E-state index in [4.69, 9.17) is 10.6 Å². The number of nitrogen functional groups attached to an aromatic ring is 1. The van der Waals surface area contributed by atoms with Crippen LogP contribution in [0.1, 0.15) is 21.5 Å². The van der Waals surface area contributed by atoms with Crippen LogP contribution in [0.15, 0.2) is 36.4 Å². The van der Waals surface area contributed by atoms with Gasteiger partial charge in [0.05, 0.1) is 0 Å². The quantitative estimate of drug-likeness (QED) is 0.517. The average Bonchev–Trinajstić information content (AvgIpc) is 2.48. The van der Waals surface area contributed by atoms with Crippen molar-refractivity contribution in [2.45, 2.75) is 13.5 Å². The second-order valence-electron chi connectivity index (χ2n) is 4.50. The lowest BCUT2D eigenvalue weighted by molar-refractivity contribution is 0.0953. The third kappa shape index (κ3) is 3.55. The zero-order valence-corrected chi connectivity index (χ0v) is 11.3. The van der Waals surface area contributed by atoms with E-state index in [1.165, 1.54) is 24.3 Å². The van der Waals surface area contributed by atoms with Crippen LogP contribution in [0, 0.1) is 18.6 Å². The monoisotopic (exact) mass is 292 g/mol.